The lowest BCUT2D eigenvalue weighted by Gasteiger charge is -2.03. The van der Waals surface area contributed by atoms with Crippen molar-refractivity contribution < 1.29 is 0 Å². The predicted molar refractivity (Wildman–Crippen MR) is 561 cm³/mol. The molecule has 14 aromatic carbocycles. The summed E-state index contributed by atoms with van der Waals surface area (Å²) < 4.78 is 0. The number of fused-ring (bicyclic) bond motifs is 6. The molecular weight excluding hydrogens is 1490 g/mol. The molecule has 0 heterocycles. The molecule has 0 bridgehead atoms. The quantitative estimate of drug-likeness (QED) is 0.133. The van der Waals surface area contributed by atoms with E-state index in [0.29, 0.717) is 0 Å². The average molecular weight is 1630 g/mol. The van der Waals surface area contributed by atoms with Gasteiger partial charge < -0.3 is 0 Å². The largest absolute Gasteiger partial charge is 0.115 e. The van der Waals surface area contributed by atoms with Crippen molar-refractivity contribution in [2.24, 2.45) is 0 Å². The van der Waals surface area contributed by atoms with E-state index < -0.39 is 0 Å². The molecule has 14 aromatic rings. The second-order valence-corrected chi connectivity index (χ2v) is 28.1. The van der Waals surface area contributed by atoms with Crippen LogP contribution in [0.3, 0.4) is 0 Å². The molecule has 0 unspecified atom stereocenters. The number of terminal acetylenes is 5. The van der Waals surface area contributed by atoms with Crippen LogP contribution in [0.2, 0.25) is 0 Å². The first kappa shape index (κ1) is 112. The van der Waals surface area contributed by atoms with Gasteiger partial charge in [-0.3, -0.25) is 0 Å². The van der Waals surface area contributed by atoms with Crippen LogP contribution in [0.5, 0.6) is 0 Å². The van der Waals surface area contributed by atoms with Gasteiger partial charge in [0.1, 0.15) is 0 Å². The molecule has 124 heavy (non-hydrogen) atoms. The summed E-state index contributed by atoms with van der Waals surface area (Å²) in [6.07, 6.45) is 37.0. The van der Waals surface area contributed by atoms with Crippen molar-refractivity contribution in [2.45, 2.75) is 218 Å². The smallest absolute Gasteiger partial charge is 0.0480 e. The van der Waals surface area contributed by atoms with Gasteiger partial charge in [0.05, 0.1) is 0 Å². The van der Waals surface area contributed by atoms with E-state index >= 15 is 0 Å². The minimum atomic E-state index is 0.864. The minimum absolute atomic E-state index is 0.864. The Balaban J connectivity index is 0. The Morgan fingerprint density at radius 2 is 0.532 bits per heavy atom. The molecule has 0 atom stereocenters. The van der Waals surface area contributed by atoms with Gasteiger partial charge in [-0.25, -0.2) is 0 Å². The standard InChI is InChI=1S/4C15H10.2C11H10.C11H8.C7H8.8C3H8/c1-3-7-12-10-13(4-2)15-9-6-5-8-14(15)11-12;1-3-7-13-11-15-9-6-5-8-14(15)10-12(13)4-2;1-3-7-13-10-12(4-2)11-14-8-5-6-9-15(13)14;1-3-7-14-12(4-2)10-11-13-8-5-6-9-15(13)14;1-9-5-4-7-10-6-2-3-8-11(9)10;1-9-6-7-10-4-2-3-5-11(10)8-9;1-3-6-11-8-5-7-10(4-2)9-11;1-7-5-3-2-4-6-7;8*1-3-2/h4*2,5-6,8-11H,1H3;2*2-8H,1H3;2,5,7-9H,1H3;2-6H,1H3;8*3H2,1-2H3. The van der Waals surface area contributed by atoms with Gasteiger partial charge in [0.2, 0.25) is 0 Å². The van der Waals surface area contributed by atoms with Gasteiger partial charge in [-0.2, -0.15) is 0 Å². The summed E-state index contributed by atoms with van der Waals surface area (Å²) in [5.41, 5.74) is 13.2. The van der Waals surface area contributed by atoms with Gasteiger partial charge in [-0.15, -0.1) is 61.7 Å². The van der Waals surface area contributed by atoms with Gasteiger partial charge in [-0.1, -0.05) is 457 Å². The van der Waals surface area contributed by atoms with Crippen molar-refractivity contribution >= 4 is 64.6 Å². The van der Waals surface area contributed by atoms with Crippen LogP contribution in [0.25, 0.3) is 64.6 Å². The highest BCUT2D eigenvalue weighted by molar-refractivity contribution is 5.93. The summed E-state index contributed by atoms with van der Waals surface area (Å²) in [5, 5.41) is 14.5. The molecule has 0 nitrogen and oxygen atoms in total. The van der Waals surface area contributed by atoms with Crippen molar-refractivity contribution in [3.05, 3.63) is 357 Å². The van der Waals surface area contributed by atoms with Crippen LogP contribution in [-0.4, -0.2) is 0 Å². The zero-order valence-corrected chi connectivity index (χ0v) is 79.7. The van der Waals surface area contributed by atoms with Crippen LogP contribution in [-0.2, 0) is 0 Å². The highest BCUT2D eigenvalue weighted by Crippen LogP contribution is 2.25. The fourth-order valence-electron chi connectivity index (χ4n) is 10.6. The highest BCUT2D eigenvalue weighted by Gasteiger charge is 2.05. The van der Waals surface area contributed by atoms with E-state index in [0.717, 1.165) is 88.0 Å². The molecule has 0 aromatic heterocycles. The third-order valence-corrected chi connectivity index (χ3v) is 15.4. The van der Waals surface area contributed by atoms with Gasteiger partial charge in [0.25, 0.3) is 0 Å². The van der Waals surface area contributed by atoms with E-state index in [1.54, 1.807) is 0 Å². The first-order valence-corrected chi connectivity index (χ1v) is 43.8. The van der Waals surface area contributed by atoms with Crippen LogP contribution in [0.1, 0.15) is 269 Å². The molecule has 0 aliphatic carbocycles. The maximum absolute atomic E-state index is 5.48. The van der Waals surface area contributed by atoms with Crippen LogP contribution < -0.4 is 0 Å². The molecule has 0 aliphatic rings. The van der Waals surface area contributed by atoms with Crippen LogP contribution >= 0.6 is 0 Å². The van der Waals surface area contributed by atoms with E-state index in [2.05, 4.69) is 366 Å². The minimum Gasteiger partial charge on any atom is -0.115 e. The molecule has 0 fully saturated rings. The second kappa shape index (κ2) is 74.3. The monoisotopic (exact) mass is 1630 g/mol. The number of aryl methyl sites for hydroxylation is 3. The SMILES string of the molecule is C#Cc1cc(C#CC)c2ccccc2c1.C#Cc1cc(C#CC)cc2ccccc12.C#Cc1cc2ccccc2cc1C#CC.C#Cc1ccc2ccccc2c1C#CC.C#Cc1cccc(C#CC)c1.CCC.CCC.CCC.CCC.CCC.CCC.CCC.CCC.Cc1ccc2ccccc2c1.Cc1cccc2ccccc12.Cc1ccccc1. The molecule has 0 N–H and O–H groups in total. The van der Waals surface area contributed by atoms with E-state index in [1.807, 2.05) is 174 Å². The Hall–Kier alpha value is -13.8. The average Bonchev–Trinajstić information content (AvgIpc) is 0.818. The van der Waals surface area contributed by atoms with E-state index in [9.17, 15) is 0 Å². The zero-order chi connectivity index (χ0) is 92.9. The summed E-state index contributed by atoms with van der Waals surface area (Å²) in [5.74, 6) is 42.8. The van der Waals surface area contributed by atoms with Crippen molar-refractivity contribution in [3.63, 3.8) is 0 Å². The normalized spacial score (nSPS) is 8.54. The summed E-state index contributed by atoms with van der Waals surface area (Å²) >= 11 is 0. The van der Waals surface area contributed by atoms with Crippen LogP contribution in [0.4, 0.5) is 0 Å². The lowest BCUT2D eigenvalue weighted by molar-refractivity contribution is 1.09. The molecule has 0 spiro atoms. The first-order chi connectivity index (χ1) is 60.2. The molecule has 0 saturated carbocycles. The van der Waals surface area contributed by atoms with Gasteiger partial charge >= 0.3 is 0 Å². The fraction of sp³-hybridized carbons (Fsp3) is 0.258. The van der Waals surface area contributed by atoms with Gasteiger partial charge in [0.15, 0.2) is 0 Å². The first-order valence-electron chi connectivity index (χ1n) is 43.8. The van der Waals surface area contributed by atoms with Crippen molar-refractivity contribution in [1.82, 2.24) is 0 Å². The van der Waals surface area contributed by atoms with Crippen molar-refractivity contribution in [3.8, 4) is 121 Å². The third kappa shape index (κ3) is 46.7. The molecular formula is C124H140. The van der Waals surface area contributed by atoms with E-state index in [1.165, 1.54) is 100 Å². The third-order valence-electron chi connectivity index (χ3n) is 15.4. The number of hydrogen-bond acceptors (Lipinski definition) is 0. The van der Waals surface area contributed by atoms with E-state index in [4.69, 9.17) is 32.1 Å². The predicted octanol–water partition coefficient (Wildman–Crippen LogP) is 34.4. The van der Waals surface area contributed by atoms with Crippen LogP contribution in [0.15, 0.2) is 285 Å². The topological polar surface area (TPSA) is 0 Å². The summed E-state index contributed by atoms with van der Waals surface area (Å²) in [6, 6.07) is 96.2. The summed E-state index contributed by atoms with van der Waals surface area (Å²) in [7, 11) is 0. The Bertz CT molecular complexity index is 5830. The van der Waals surface area contributed by atoms with Gasteiger partial charge in [0, 0.05) is 55.6 Å². The maximum Gasteiger partial charge on any atom is 0.0480 e. The van der Waals surface area contributed by atoms with Gasteiger partial charge in [-0.05, 0) is 186 Å². The van der Waals surface area contributed by atoms with E-state index in [-0.39, 0.29) is 0 Å². The molecule has 0 heteroatoms. The molecule has 0 amide bonds. The molecule has 0 saturated heterocycles. The lowest BCUT2D eigenvalue weighted by atomic mass is 10.00. The lowest BCUT2D eigenvalue weighted by Crippen LogP contribution is -1.85. The number of hydrogen-bond donors (Lipinski definition) is 0. The summed E-state index contributed by atoms with van der Waals surface area (Å²) in [6.45, 7) is 49.4. The molecule has 636 valence electrons. The fourth-order valence-corrected chi connectivity index (χ4v) is 10.6. The second-order valence-electron chi connectivity index (χ2n) is 28.1. The molecule has 14 rings (SSSR count). The maximum atomic E-state index is 5.48. The summed E-state index contributed by atoms with van der Waals surface area (Å²) in [4.78, 5) is 0. The number of rotatable bonds is 0. The Morgan fingerprint density at radius 1 is 0.194 bits per heavy atom. The Kier molecular flexibility index (Phi) is 67.3. The molecule has 0 aliphatic heterocycles. The van der Waals surface area contributed by atoms with Crippen LogP contribution in [0, 0.1) is 142 Å². The van der Waals surface area contributed by atoms with Crippen molar-refractivity contribution in [1.29, 1.82) is 0 Å². The Labute approximate surface area is 755 Å². The zero-order valence-electron chi connectivity index (χ0n) is 79.7. The van der Waals surface area contributed by atoms with Crippen molar-refractivity contribution in [2.75, 3.05) is 0 Å². The highest BCUT2D eigenvalue weighted by atomic mass is 14.1. The Morgan fingerprint density at radius 3 is 0.976 bits per heavy atom. The molecule has 0 radical (unpaired) electrons. The number of benzene rings is 14.